The summed E-state index contributed by atoms with van der Waals surface area (Å²) in [7, 11) is 0. The van der Waals surface area contributed by atoms with Crippen molar-refractivity contribution in [2.75, 3.05) is 13.1 Å². The topological polar surface area (TPSA) is 90.6 Å². The van der Waals surface area contributed by atoms with Gasteiger partial charge in [-0.3, -0.25) is 0 Å². The molecule has 1 amide bonds. The normalized spacial score (nSPS) is 15.8. The van der Waals surface area contributed by atoms with E-state index in [0.717, 1.165) is 5.56 Å². The molecule has 0 atom stereocenters. The maximum atomic E-state index is 12.0. The summed E-state index contributed by atoms with van der Waals surface area (Å²) < 4.78 is 5.27. The Bertz CT molecular complexity index is 626. The Hall–Kier alpha value is -2.81. The number of piperidine rings is 1. The minimum atomic E-state index is -1.21. The van der Waals surface area contributed by atoms with Crippen molar-refractivity contribution in [3.63, 3.8) is 0 Å². The molecule has 0 spiro atoms. The first-order valence-electron chi connectivity index (χ1n) is 7.41. The molecule has 1 aromatic rings. The lowest BCUT2D eigenvalue weighted by Crippen LogP contribution is -2.38. The third kappa shape index (κ3) is 4.85. The monoisotopic (exact) mass is 314 g/mol. The molecule has 1 aliphatic rings. The van der Waals surface area contributed by atoms with Crippen molar-refractivity contribution < 1.29 is 19.4 Å². The van der Waals surface area contributed by atoms with Crippen LogP contribution in [-0.2, 0) is 16.1 Å². The molecular weight excluding hydrogens is 296 g/mol. The van der Waals surface area contributed by atoms with Crippen molar-refractivity contribution in [3.05, 3.63) is 47.5 Å². The van der Waals surface area contributed by atoms with Gasteiger partial charge in [0.15, 0.2) is 0 Å². The van der Waals surface area contributed by atoms with Crippen molar-refractivity contribution >= 4 is 12.1 Å². The van der Waals surface area contributed by atoms with Gasteiger partial charge >= 0.3 is 12.1 Å². The number of amides is 1. The van der Waals surface area contributed by atoms with Crippen LogP contribution in [0.1, 0.15) is 18.4 Å². The number of nitrogens with zero attached hydrogens (tertiary/aromatic N) is 2. The minimum Gasteiger partial charge on any atom is -0.477 e. The quantitative estimate of drug-likeness (QED) is 0.681. The molecule has 1 fully saturated rings. The van der Waals surface area contributed by atoms with Crippen LogP contribution in [0.4, 0.5) is 4.79 Å². The number of hydrogen-bond donors (Lipinski definition) is 1. The van der Waals surface area contributed by atoms with Crippen LogP contribution in [0.15, 0.2) is 42.0 Å². The summed E-state index contributed by atoms with van der Waals surface area (Å²) in [4.78, 5) is 24.4. The summed E-state index contributed by atoms with van der Waals surface area (Å²) in [6.45, 7) is 1.22. The fourth-order valence-corrected chi connectivity index (χ4v) is 2.45. The molecule has 6 nitrogen and oxygen atoms in total. The molecule has 1 aliphatic heterocycles. The summed E-state index contributed by atoms with van der Waals surface area (Å²) >= 11 is 0. The second-order valence-corrected chi connectivity index (χ2v) is 5.36. The SMILES string of the molecule is N#CC(=CC1CCN(C(=O)OCc2ccccc2)CC1)C(=O)O. The van der Waals surface area contributed by atoms with Crippen LogP contribution in [0, 0.1) is 17.2 Å². The van der Waals surface area contributed by atoms with E-state index in [0.29, 0.717) is 25.9 Å². The number of carbonyl (C=O) groups excluding carboxylic acids is 1. The van der Waals surface area contributed by atoms with Crippen LogP contribution in [0.2, 0.25) is 0 Å². The van der Waals surface area contributed by atoms with Gasteiger partial charge in [0.25, 0.3) is 0 Å². The molecule has 0 aliphatic carbocycles. The lowest BCUT2D eigenvalue weighted by molar-refractivity contribution is -0.132. The summed E-state index contributed by atoms with van der Waals surface area (Å²) in [5.41, 5.74) is 0.689. The number of benzene rings is 1. The number of allylic oxidation sites excluding steroid dienone is 1. The van der Waals surface area contributed by atoms with E-state index >= 15 is 0 Å². The van der Waals surface area contributed by atoms with E-state index in [2.05, 4.69) is 0 Å². The number of nitriles is 1. The Balaban J connectivity index is 1.81. The second kappa shape index (κ2) is 7.99. The highest BCUT2D eigenvalue weighted by Crippen LogP contribution is 2.20. The number of carbonyl (C=O) groups is 2. The molecule has 1 N–H and O–H groups in total. The second-order valence-electron chi connectivity index (χ2n) is 5.36. The van der Waals surface area contributed by atoms with E-state index in [1.54, 1.807) is 11.0 Å². The summed E-state index contributed by atoms with van der Waals surface area (Å²) in [5, 5.41) is 17.6. The van der Waals surface area contributed by atoms with Gasteiger partial charge in [0.05, 0.1) is 0 Å². The molecule has 0 radical (unpaired) electrons. The molecule has 1 heterocycles. The van der Waals surface area contributed by atoms with Gasteiger partial charge in [-0.25, -0.2) is 9.59 Å². The lowest BCUT2D eigenvalue weighted by atomic mass is 9.95. The van der Waals surface area contributed by atoms with Gasteiger partial charge < -0.3 is 14.7 Å². The average molecular weight is 314 g/mol. The molecule has 1 aromatic carbocycles. The Morgan fingerprint density at radius 1 is 1.30 bits per heavy atom. The fourth-order valence-electron chi connectivity index (χ4n) is 2.45. The Kier molecular flexibility index (Phi) is 5.75. The summed E-state index contributed by atoms with van der Waals surface area (Å²) in [5.74, 6) is -1.21. The average Bonchev–Trinajstić information content (AvgIpc) is 2.58. The van der Waals surface area contributed by atoms with Gasteiger partial charge in [-0.05, 0) is 24.3 Å². The van der Waals surface area contributed by atoms with E-state index in [-0.39, 0.29) is 24.2 Å². The van der Waals surface area contributed by atoms with Gasteiger partial charge in [0.2, 0.25) is 0 Å². The van der Waals surface area contributed by atoms with Crippen molar-refractivity contribution in [2.24, 2.45) is 5.92 Å². The standard InChI is InChI=1S/C17H18N2O4/c18-11-15(16(20)21)10-13-6-8-19(9-7-13)17(22)23-12-14-4-2-1-3-5-14/h1-5,10,13H,6-9,12H2,(H,20,21). The van der Waals surface area contributed by atoms with E-state index in [9.17, 15) is 9.59 Å². The van der Waals surface area contributed by atoms with Gasteiger partial charge in [-0.2, -0.15) is 5.26 Å². The summed E-state index contributed by atoms with van der Waals surface area (Å²) in [6.07, 6.45) is 2.36. The zero-order chi connectivity index (χ0) is 16.7. The largest absolute Gasteiger partial charge is 0.477 e. The Morgan fingerprint density at radius 2 is 1.96 bits per heavy atom. The molecular formula is C17H18N2O4. The van der Waals surface area contributed by atoms with E-state index in [1.165, 1.54) is 6.08 Å². The zero-order valence-corrected chi connectivity index (χ0v) is 12.6. The molecule has 23 heavy (non-hydrogen) atoms. The van der Waals surface area contributed by atoms with Crippen molar-refractivity contribution in [3.8, 4) is 6.07 Å². The smallest absolute Gasteiger partial charge is 0.410 e. The highest BCUT2D eigenvalue weighted by Gasteiger charge is 2.23. The van der Waals surface area contributed by atoms with Crippen LogP contribution >= 0.6 is 0 Å². The number of likely N-dealkylation sites (tertiary alicyclic amines) is 1. The first-order valence-corrected chi connectivity index (χ1v) is 7.41. The third-order valence-corrected chi connectivity index (χ3v) is 3.76. The van der Waals surface area contributed by atoms with E-state index in [4.69, 9.17) is 15.1 Å². The molecule has 120 valence electrons. The molecule has 0 unspecified atom stereocenters. The predicted octanol–water partition coefficient (Wildman–Crippen LogP) is 2.57. The first kappa shape index (κ1) is 16.6. The van der Waals surface area contributed by atoms with E-state index in [1.807, 2.05) is 30.3 Å². The van der Waals surface area contributed by atoms with Crippen molar-refractivity contribution in [1.29, 1.82) is 5.26 Å². The minimum absolute atomic E-state index is 0.000997. The van der Waals surface area contributed by atoms with Crippen LogP contribution < -0.4 is 0 Å². The van der Waals surface area contributed by atoms with Crippen LogP contribution in [0.3, 0.4) is 0 Å². The van der Waals surface area contributed by atoms with Crippen LogP contribution in [-0.4, -0.2) is 35.2 Å². The zero-order valence-electron chi connectivity index (χ0n) is 12.6. The molecule has 1 saturated heterocycles. The van der Waals surface area contributed by atoms with Crippen LogP contribution in [0.5, 0.6) is 0 Å². The van der Waals surface area contributed by atoms with Gasteiger partial charge in [-0.15, -0.1) is 0 Å². The number of rotatable bonds is 4. The maximum Gasteiger partial charge on any atom is 0.410 e. The van der Waals surface area contributed by atoms with Crippen LogP contribution in [0.25, 0.3) is 0 Å². The Labute approximate surface area is 134 Å². The highest BCUT2D eigenvalue weighted by atomic mass is 16.6. The van der Waals surface area contributed by atoms with Gasteiger partial charge in [0, 0.05) is 13.1 Å². The van der Waals surface area contributed by atoms with Gasteiger partial charge in [0.1, 0.15) is 18.2 Å². The first-order chi connectivity index (χ1) is 11.1. The number of carboxylic acid groups (broad SMARTS) is 1. The molecule has 2 rings (SSSR count). The lowest BCUT2D eigenvalue weighted by Gasteiger charge is -2.30. The maximum absolute atomic E-state index is 12.0. The number of ether oxygens (including phenoxy) is 1. The van der Waals surface area contributed by atoms with Crippen molar-refractivity contribution in [2.45, 2.75) is 19.4 Å². The van der Waals surface area contributed by atoms with Crippen molar-refractivity contribution in [1.82, 2.24) is 4.90 Å². The predicted molar refractivity (Wildman–Crippen MR) is 82.3 cm³/mol. The molecule has 6 heteroatoms. The number of aliphatic carboxylic acids is 1. The summed E-state index contributed by atoms with van der Waals surface area (Å²) in [6, 6.07) is 11.1. The van der Waals surface area contributed by atoms with Gasteiger partial charge in [-0.1, -0.05) is 36.4 Å². The molecule has 0 bridgehead atoms. The number of carboxylic acids is 1. The molecule has 0 saturated carbocycles. The highest BCUT2D eigenvalue weighted by molar-refractivity contribution is 5.91. The third-order valence-electron chi connectivity index (χ3n) is 3.76. The molecule has 0 aromatic heterocycles. The fraction of sp³-hybridized carbons (Fsp3) is 0.353. The number of hydrogen-bond acceptors (Lipinski definition) is 4. The Morgan fingerprint density at radius 3 is 2.52 bits per heavy atom. The van der Waals surface area contributed by atoms with E-state index < -0.39 is 5.97 Å².